The van der Waals surface area contributed by atoms with Crippen LogP contribution in [0.15, 0.2) is 12.1 Å². The van der Waals surface area contributed by atoms with E-state index in [9.17, 15) is 4.79 Å². The normalized spacial score (nSPS) is 10.2. The van der Waals surface area contributed by atoms with Gasteiger partial charge in [0.05, 0.1) is 0 Å². The molecule has 0 aliphatic heterocycles. The van der Waals surface area contributed by atoms with Crippen molar-refractivity contribution in [2.24, 2.45) is 5.73 Å². The average molecular weight is 221 g/mol. The molecule has 0 fully saturated rings. The summed E-state index contributed by atoms with van der Waals surface area (Å²) in [5, 5.41) is 2.79. The summed E-state index contributed by atoms with van der Waals surface area (Å²) in [6.45, 7) is 4.53. The van der Waals surface area contributed by atoms with Gasteiger partial charge >= 0.3 is 0 Å². The smallest absolute Gasteiger partial charge is 0.225 e. The predicted molar refractivity (Wildman–Crippen MR) is 65.2 cm³/mol. The number of unbranched alkanes of at least 4 members (excludes halogenated alkanes) is 1. The first kappa shape index (κ1) is 12.6. The van der Waals surface area contributed by atoms with E-state index in [1.54, 1.807) is 0 Å². The second kappa shape index (κ2) is 6.23. The molecule has 0 aliphatic carbocycles. The van der Waals surface area contributed by atoms with Crippen LogP contribution in [0.5, 0.6) is 0 Å². The number of nitrogens with zero attached hydrogens (tertiary/aromatic N) is 1. The maximum Gasteiger partial charge on any atom is 0.225 e. The number of nitrogens with one attached hydrogen (secondary N) is 1. The van der Waals surface area contributed by atoms with Gasteiger partial charge in [0.15, 0.2) is 0 Å². The van der Waals surface area contributed by atoms with Crippen molar-refractivity contribution in [3.05, 3.63) is 23.4 Å². The molecule has 3 N–H and O–H groups in total. The Morgan fingerprint density at radius 1 is 1.38 bits per heavy atom. The monoisotopic (exact) mass is 221 g/mol. The summed E-state index contributed by atoms with van der Waals surface area (Å²) in [7, 11) is 0. The SMILES string of the molecule is Cc1cc(C)nc(NC(=O)CCCCN)c1. The third-order valence-corrected chi connectivity index (χ3v) is 2.22. The minimum Gasteiger partial charge on any atom is -0.330 e. The molecule has 0 unspecified atom stereocenters. The highest BCUT2D eigenvalue weighted by molar-refractivity contribution is 5.89. The quantitative estimate of drug-likeness (QED) is 0.744. The van der Waals surface area contributed by atoms with Crippen molar-refractivity contribution in [1.82, 2.24) is 4.98 Å². The van der Waals surface area contributed by atoms with Crippen molar-refractivity contribution in [2.45, 2.75) is 33.1 Å². The maximum atomic E-state index is 11.5. The molecule has 1 aromatic rings. The third kappa shape index (κ3) is 4.40. The fourth-order valence-electron chi connectivity index (χ4n) is 1.54. The molecule has 0 aliphatic rings. The Morgan fingerprint density at radius 2 is 2.12 bits per heavy atom. The number of hydrogen-bond donors (Lipinski definition) is 2. The van der Waals surface area contributed by atoms with Crippen LogP contribution < -0.4 is 11.1 Å². The van der Waals surface area contributed by atoms with Gasteiger partial charge in [-0.05, 0) is 50.9 Å². The summed E-state index contributed by atoms with van der Waals surface area (Å²) < 4.78 is 0. The first-order valence-corrected chi connectivity index (χ1v) is 5.57. The van der Waals surface area contributed by atoms with Gasteiger partial charge in [-0.1, -0.05) is 0 Å². The molecule has 4 nitrogen and oxygen atoms in total. The highest BCUT2D eigenvalue weighted by atomic mass is 16.1. The lowest BCUT2D eigenvalue weighted by atomic mass is 10.2. The molecule has 1 rings (SSSR count). The van der Waals surface area contributed by atoms with Gasteiger partial charge in [-0.15, -0.1) is 0 Å². The average Bonchev–Trinajstić information content (AvgIpc) is 2.16. The van der Waals surface area contributed by atoms with Crippen molar-refractivity contribution in [2.75, 3.05) is 11.9 Å². The van der Waals surface area contributed by atoms with E-state index in [0.717, 1.165) is 24.1 Å². The molecule has 4 heteroatoms. The minimum atomic E-state index is 0.00551. The zero-order valence-corrected chi connectivity index (χ0v) is 9.92. The summed E-state index contributed by atoms with van der Waals surface area (Å²) in [5.41, 5.74) is 7.38. The lowest BCUT2D eigenvalue weighted by molar-refractivity contribution is -0.116. The van der Waals surface area contributed by atoms with E-state index in [1.807, 2.05) is 26.0 Å². The largest absolute Gasteiger partial charge is 0.330 e. The Kier molecular flexibility index (Phi) is 4.92. The van der Waals surface area contributed by atoms with Crippen LogP contribution in [0.3, 0.4) is 0 Å². The van der Waals surface area contributed by atoms with E-state index in [-0.39, 0.29) is 5.91 Å². The van der Waals surface area contributed by atoms with Crippen molar-refractivity contribution in [3.63, 3.8) is 0 Å². The molecular weight excluding hydrogens is 202 g/mol. The number of hydrogen-bond acceptors (Lipinski definition) is 3. The van der Waals surface area contributed by atoms with E-state index in [1.165, 1.54) is 0 Å². The fraction of sp³-hybridized carbons (Fsp3) is 0.500. The molecule has 0 aromatic carbocycles. The molecule has 0 saturated heterocycles. The van der Waals surface area contributed by atoms with Gasteiger partial charge in [-0.3, -0.25) is 4.79 Å². The Hall–Kier alpha value is -1.42. The van der Waals surface area contributed by atoms with Crippen LogP contribution >= 0.6 is 0 Å². The first-order valence-electron chi connectivity index (χ1n) is 5.57. The van der Waals surface area contributed by atoms with Gasteiger partial charge < -0.3 is 11.1 Å². The Bertz CT molecular complexity index is 343. The summed E-state index contributed by atoms with van der Waals surface area (Å²) >= 11 is 0. The highest BCUT2D eigenvalue weighted by Gasteiger charge is 2.03. The van der Waals surface area contributed by atoms with Gasteiger partial charge in [0.1, 0.15) is 5.82 Å². The molecule has 88 valence electrons. The zero-order valence-electron chi connectivity index (χ0n) is 9.92. The standard InChI is InChI=1S/C12H19N3O/c1-9-7-10(2)14-11(8-9)15-12(16)5-3-4-6-13/h7-8H,3-6,13H2,1-2H3,(H,14,15,16). The molecule has 0 saturated carbocycles. The molecule has 0 radical (unpaired) electrons. The molecule has 0 bridgehead atoms. The highest BCUT2D eigenvalue weighted by Crippen LogP contribution is 2.09. The van der Waals surface area contributed by atoms with Crippen LogP contribution in [-0.4, -0.2) is 17.4 Å². The Morgan fingerprint density at radius 3 is 2.75 bits per heavy atom. The molecule has 0 atom stereocenters. The number of aryl methyl sites for hydroxylation is 2. The second-order valence-corrected chi connectivity index (χ2v) is 3.97. The Labute approximate surface area is 96.3 Å². The maximum absolute atomic E-state index is 11.5. The van der Waals surface area contributed by atoms with Crippen molar-refractivity contribution in [1.29, 1.82) is 0 Å². The van der Waals surface area contributed by atoms with E-state index < -0.39 is 0 Å². The van der Waals surface area contributed by atoms with E-state index in [4.69, 9.17) is 5.73 Å². The number of pyridine rings is 1. The van der Waals surface area contributed by atoms with Crippen molar-refractivity contribution < 1.29 is 4.79 Å². The van der Waals surface area contributed by atoms with Gasteiger partial charge in [0.2, 0.25) is 5.91 Å². The van der Waals surface area contributed by atoms with Crippen molar-refractivity contribution >= 4 is 11.7 Å². The topological polar surface area (TPSA) is 68.0 Å². The summed E-state index contributed by atoms with van der Waals surface area (Å²) in [5.74, 6) is 0.640. The second-order valence-electron chi connectivity index (χ2n) is 3.97. The lowest BCUT2D eigenvalue weighted by Gasteiger charge is -2.06. The summed E-state index contributed by atoms with van der Waals surface area (Å²) in [6.07, 6.45) is 2.21. The van der Waals surface area contributed by atoms with Gasteiger partial charge in [-0.25, -0.2) is 4.98 Å². The van der Waals surface area contributed by atoms with Crippen LogP contribution in [0.1, 0.15) is 30.5 Å². The van der Waals surface area contributed by atoms with Gasteiger partial charge in [0.25, 0.3) is 0 Å². The van der Waals surface area contributed by atoms with Gasteiger partial charge in [0, 0.05) is 12.1 Å². The molecule has 16 heavy (non-hydrogen) atoms. The number of nitrogens with two attached hydrogens (primary N) is 1. The Balaban J connectivity index is 2.49. The molecule has 1 amide bonds. The molecular formula is C12H19N3O. The number of carbonyl (C=O) groups excluding carboxylic acids is 1. The number of amides is 1. The van der Waals surface area contributed by atoms with Crippen LogP contribution in [0, 0.1) is 13.8 Å². The fourth-order valence-corrected chi connectivity index (χ4v) is 1.54. The predicted octanol–water partition coefficient (Wildman–Crippen LogP) is 1.77. The van der Waals surface area contributed by atoms with Crippen molar-refractivity contribution in [3.8, 4) is 0 Å². The number of aromatic nitrogens is 1. The van der Waals surface area contributed by atoms with E-state index in [2.05, 4.69) is 10.3 Å². The molecule has 0 spiro atoms. The number of anilines is 1. The van der Waals surface area contributed by atoms with Crippen LogP contribution in [0.25, 0.3) is 0 Å². The number of carbonyl (C=O) groups is 1. The van der Waals surface area contributed by atoms with Crippen LogP contribution in [0.2, 0.25) is 0 Å². The molecule has 1 aromatic heterocycles. The van der Waals surface area contributed by atoms with E-state index in [0.29, 0.717) is 18.8 Å². The van der Waals surface area contributed by atoms with Crippen LogP contribution in [0.4, 0.5) is 5.82 Å². The first-order chi connectivity index (χ1) is 7.61. The third-order valence-electron chi connectivity index (χ3n) is 2.22. The zero-order chi connectivity index (χ0) is 12.0. The lowest BCUT2D eigenvalue weighted by Crippen LogP contribution is -2.13. The summed E-state index contributed by atoms with van der Waals surface area (Å²) in [4.78, 5) is 15.8. The summed E-state index contributed by atoms with van der Waals surface area (Å²) in [6, 6.07) is 3.85. The molecule has 1 heterocycles. The van der Waals surface area contributed by atoms with E-state index >= 15 is 0 Å². The number of rotatable bonds is 5. The van der Waals surface area contributed by atoms with Gasteiger partial charge in [-0.2, -0.15) is 0 Å². The van der Waals surface area contributed by atoms with Crippen LogP contribution in [-0.2, 0) is 4.79 Å². The minimum absolute atomic E-state index is 0.00551.